The number of H-pyrrole nitrogens is 1. The normalized spacial score (nSPS) is 11.6. The molecule has 28 heavy (non-hydrogen) atoms. The zero-order valence-electron chi connectivity index (χ0n) is 15.0. The van der Waals surface area contributed by atoms with Crippen LogP contribution in [0, 0.1) is 0 Å². The van der Waals surface area contributed by atoms with Gasteiger partial charge in [-0.05, 0) is 24.6 Å². The summed E-state index contributed by atoms with van der Waals surface area (Å²) in [7, 11) is 0. The average Bonchev–Trinajstić information content (AvgIpc) is 3.27. The van der Waals surface area contributed by atoms with E-state index in [-0.39, 0.29) is 18.8 Å². The summed E-state index contributed by atoms with van der Waals surface area (Å²) in [6.07, 6.45) is -1.54. The van der Waals surface area contributed by atoms with Crippen LogP contribution in [0.1, 0.15) is 31.2 Å². The molecule has 0 aliphatic carbocycles. The number of urea groups is 1. The standard InChI is InChI=1S/C17H19F3N6O2/c1-2-3-7-28-26-11(8-15(25-26)17(18,19)20)9-21-16(27)23-13-5-4-6-14-12(13)10-22-24-14/h4-6,8,10H,2-3,7,9H2,1H3,(H,22,24)(H2,21,23,27). The molecular weight excluding hydrogens is 377 g/mol. The number of hydrogen-bond donors (Lipinski definition) is 3. The Morgan fingerprint density at radius 2 is 2.18 bits per heavy atom. The molecule has 0 aliphatic heterocycles. The molecule has 11 heteroatoms. The van der Waals surface area contributed by atoms with Gasteiger partial charge in [-0.2, -0.15) is 18.3 Å². The van der Waals surface area contributed by atoms with Gasteiger partial charge in [0.25, 0.3) is 0 Å². The van der Waals surface area contributed by atoms with Crippen LogP contribution in [0.3, 0.4) is 0 Å². The second kappa shape index (κ2) is 8.19. The van der Waals surface area contributed by atoms with Crippen molar-refractivity contribution in [2.45, 2.75) is 32.5 Å². The minimum absolute atomic E-state index is 0.0834. The summed E-state index contributed by atoms with van der Waals surface area (Å²) in [6.45, 7) is 1.96. The van der Waals surface area contributed by atoms with Crippen molar-refractivity contribution in [2.24, 2.45) is 0 Å². The Kier molecular flexibility index (Phi) is 5.71. The molecule has 0 fully saturated rings. The summed E-state index contributed by atoms with van der Waals surface area (Å²) in [6, 6.07) is 5.50. The Morgan fingerprint density at radius 1 is 1.36 bits per heavy atom. The maximum absolute atomic E-state index is 12.9. The Hall–Kier alpha value is -3.24. The highest BCUT2D eigenvalue weighted by Crippen LogP contribution is 2.28. The summed E-state index contributed by atoms with van der Waals surface area (Å²) in [5.74, 6) is 0. The van der Waals surface area contributed by atoms with Gasteiger partial charge in [-0.25, -0.2) is 4.79 Å². The van der Waals surface area contributed by atoms with Crippen molar-refractivity contribution in [1.82, 2.24) is 25.5 Å². The van der Waals surface area contributed by atoms with Crippen molar-refractivity contribution in [3.8, 4) is 0 Å². The quantitative estimate of drug-likeness (QED) is 0.534. The summed E-state index contributed by atoms with van der Waals surface area (Å²) < 4.78 is 38.8. The predicted molar refractivity (Wildman–Crippen MR) is 95.5 cm³/mol. The van der Waals surface area contributed by atoms with Crippen LogP contribution in [0.5, 0.6) is 0 Å². The maximum Gasteiger partial charge on any atom is 0.435 e. The molecule has 0 saturated carbocycles. The minimum atomic E-state index is -4.60. The van der Waals surface area contributed by atoms with Crippen LogP contribution < -0.4 is 15.5 Å². The SMILES string of the molecule is CCCCOn1nc(C(F)(F)F)cc1CNC(=O)Nc1cccc2[nH]ncc12. The molecule has 3 rings (SSSR count). The molecule has 150 valence electrons. The van der Waals surface area contributed by atoms with Crippen molar-refractivity contribution >= 4 is 22.6 Å². The molecule has 0 bridgehead atoms. The number of carbonyl (C=O) groups is 1. The average molecular weight is 396 g/mol. The van der Waals surface area contributed by atoms with Gasteiger partial charge in [0.05, 0.1) is 29.6 Å². The molecule has 8 nitrogen and oxygen atoms in total. The largest absolute Gasteiger partial charge is 0.435 e. The predicted octanol–water partition coefficient (Wildman–Crippen LogP) is 3.33. The zero-order chi connectivity index (χ0) is 20.1. The number of hydrogen-bond acceptors (Lipinski definition) is 4. The highest BCUT2D eigenvalue weighted by molar-refractivity contribution is 6.00. The monoisotopic (exact) mass is 396 g/mol. The molecule has 0 atom stereocenters. The lowest BCUT2D eigenvalue weighted by Gasteiger charge is -2.10. The second-order valence-electron chi connectivity index (χ2n) is 6.02. The number of benzene rings is 1. The molecule has 3 N–H and O–H groups in total. The van der Waals surface area contributed by atoms with Crippen molar-refractivity contribution < 1.29 is 22.8 Å². The minimum Gasteiger partial charge on any atom is -0.396 e. The van der Waals surface area contributed by atoms with Crippen molar-refractivity contribution in [2.75, 3.05) is 11.9 Å². The molecule has 3 aromatic rings. The van der Waals surface area contributed by atoms with Crippen LogP contribution in [0.4, 0.5) is 23.7 Å². The molecule has 2 aromatic heterocycles. The lowest BCUT2D eigenvalue weighted by atomic mass is 10.2. The highest BCUT2D eigenvalue weighted by Gasteiger charge is 2.35. The van der Waals surface area contributed by atoms with Crippen LogP contribution in [0.25, 0.3) is 10.9 Å². The molecular formula is C17H19F3N6O2. The summed E-state index contributed by atoms with van der Waals surface area (Å²) in [4.78, 5) is 18.3. The van der Waals surface area contributed by atoms with E-state index in [0.717, 1.165) is 22.8 Å². The van der Waals surface area contributed by atoms with E-state index in [1.807, 2.05) is 6.92 Å². The Balaban J connectivity index is 1.67. The number of fused-ring (bicyclic) bond motifs is 1. The number of aromatic nitrogens is 4. The highest BCUT2D eigenvalue weighted by atomic mass is 19.4. The third-order valence-corrected chi connectivity index (χ3v) is 3.91. The fourth-order valence-electron chi connectivity index (χ4n) is 2.48. The van der Waals surface area contributed by atoms with E-state index in [4.69, 9.17) is 4.84 Å². The van der Waals surface area contributed by atoms with Crippen molar-refractivity contribution in [3.05, 3.63) is 41.9 Å². The van der Waals surface area contributed by atoms with Gasteiger partial charge in [0, 0.05) is 5.39 Å². The molecule has 2 heterocycles. The summed E-state index contributed by atoms with van der Waals surface area (Å²) in [5, 5.41) is 16.0. The van der Waals surface area contributed by atoms with E-state index in [0.29, 0.717) is 17.5 Å². The lowest BCUT2D eigenvalue weighted by molar-refractivity contribution is -0.142. The van der Waals surface area contributed by atoms with Crippen LogP contribution in [0.15, 0.2) is 30.5 Å². The molecule has 0 radical (unpaired) electrons. The molecule has 2 amide bonds. The van der Waals surface area contributed by atoms with Gasteiger partial charge < -0.3 is 15.5 Å². The Labute approximate surface area is 158 Å². The van der Waals surface area contributed by atoms with E-state index in [2.05, 4.69) is 25.9 Å². The van der Waals surface area contributed by atoms with Crippen molar-refractivity contribution in [1.29, 1.82) is 0 Å². The number of nitrogens with one attached hydrogen (secondary N) is 3. The van der Waals surface area contributed by atoms with E-state index in [1.54, 1.807) is 24.4 Å². The first-order chi connectivity index (χ1) is 13.4. The van der Waals surface area contributed by atoms with E-state index < -0.39 is 17.9 Å². The first-order valence-corrected chi connectivity index (χ1v) is 8.65. The van der Waals surface area contributed by atoms with Crippen LogP contribution in [-0.4, -0.2) is 32.8 Å². The molecule has 0 aliphatic rings. The van der Waals surface area contributed by atoms with Gasteiger partial charge in [0.2, 0.25) is 0 Å². The lowest BCUT2D eigenvalue weighted by Crippen LogP contribution is -2.30. The van der Waals surface area contributed by atoms with Crippen molar-refractivity contribution in [3.63, 3.8) is 0 Å². The first-order valence-electron chi connectivity index (χ1n) is 8.65. The summed E-state index contributed by atoms with van der Waals surface area (Å²) >= 11 is 0. The van der Waals surface area contributed by atoms with Gasteiger partial charge in [0.15, 0.2) is 5.69 Å². The zero-order valence-corrected chi connectivity index (χ0v) is 15.0. The number of unbranched alkanes of at least 4 members (excludes halogenated alkanes) is 1. The number of alkyl halides is 3. The van der Waals surface area contributed by atoms with E-state index >= 15 is 0 Å². The third kappa shape index (κ3) is 4.53. The second-order valence-corrected chi connectivity index (χ2v) is 6.02. The Bertz CT molecular complexity index is 950. The summed E-state index contributed by atoms with van der Waals surface area (Å²) in [5.41, 5.74) is 0.270. The van der Waals surface area contributed by atoms with Gasteiger partial charge in [-0.15, -0.1) is 9.94 Å². The number of anilines is 1. The number of amides is 2. The first kappa shape index (κ1) is 19.5. The Morgan fingerprint density at radius 3 is 2.93 bits per heavy atom. The number of halogens is 3. The number of carbonyl (C=O) groups excluding carboxylic acids is 1. The third-order valence-electron chi connectivity index (χ3n) is 3.91. The van der Waals surface area contributed by atoms with E-state index in [1.165, 1.54) is 0 Å². The van der Waals surface area contributed by atoms with Gasteiger partial charge in [0.1, 0.15) is 6.61 Å². The number of rotatable bonds is 7. The maximum atomic E-state index is 12.9. The molecule has 0 unspecified atom stereocenters. The van der Waals surface area contributed by atoms with Crippen LogP contribution in [0.2, 0.25) is 0 Å². The fraction of sp³-hybridized carbons (Fsp3) is 0.353. The van der Waals surface area contributed by atoms with Crippen LogP contribution >= 0.6 is 0 Å². The molecule has 1 aromatic carbocycles. The van der Waals surface area contributed by atoms with Gasteiger partial charge in [-0.3, -0.25) is 5.10 Å². The van der Waals surface area contributed by atoms with Gasteiger partial charge in [-0.1, -0.05) is 19.4 Å². The topological polar surface area (TPSA) is 96.9 Å². The van der Waals surface area contributed by atoms with E-state index in [9.17, 15) is 18.0 Å². The fourth-order valence-corrected chi connectivity index (χ4v) is 2.48. The molecule has 0 spiro atoms. The van der Waals surface area contributed by atoms with Crippen LogP contribution in [-0.2, 0) is 12.7 Å². The molecule has 0 saturated heterocycles. The number of aromatic amines is 1. The van der Waals surface area contributed by atoms with Gasteiger partial charge >= 0.3 is 12.2 Å². The smallest absolute Gasteiger partial charge is 0.396 e. The number of nitrogens with zero attached hydrogens (tertiary/aromatic N) is 3.